The molecule has 0 N–H and O–H groups in total. The van der Waals surface area contributed by atoms with Crippen LogP contribution < -0.4 is 0 Å². The largest absolute Gasteiger partial charge is 0.461 e. The minimum Gasteiger partial charge on any atom is -0.461 e. The molecule has 0 radical (unpaired) electrons. The van der Waals surface area contributed by atoms with E-state index in [2.05, 4.69) is 10.1 Å². The number of aromatic nitrogens is 3. The summed E-state index contributed by atoms with van der Waals surface area (Å²) in [6, 6.07) is 7.76. The van der Waals surface area contributed by atoms with Crippen molar-refractivity contribution < 1.29 is 18.3 Å². The number of carbonyl (C=O) groups excluding carboxylic acids is 1. The van der Waals surface area contributed by atoms with Crippen LogP contribution in [0.5, 0.6) is 0 Å². The molecule has 1 aromatic carbocycles. The van der Waals surface area contributed by atoms with E-state index in [1.165, 1.54) is 24.0 Å². The Bertz CT molecular complexity index is 948. The fourth-order valence-corrected chi connectivity index (χ4v) is 3.10. The van der Waals surface area contributed by atoms with Gasteiger partial charge in [-0.25, -0.2) is 23.2 Å². The molecule has 0 aliphatic rings. The first-order valence-electron chi connectivity index (χ1n) is 7.50. The number of rotatable bonds is 5. The summed E-state index contributed by atoms with van der Waals surface area (Å²) in [5.41, 5.74) is -0.134. The van der Waals surface area contributed by atoms with Crippen LogP contribution in [0.25, 0.3) is 5.69 Å². The Morgan fingerprint density at radius 1 is 1.27 bits per heavy atom. The lowest BCUT2D eigenvalue weighted by Crippen LogP contribution is -2.07. The second-order valence-corrected chi connectivity index (χ2v) is 6.50. The maximum absolute atomic E-state index is 14.2. The first-order chi connectivity index (χ1) is 12.5. The lowest BCUT2D eigenvalue weighted by atomic mass is 10.3. The number of nitrogens with zero attached hydrogens (tertiary/aromatic N) is 3. The number of halogens is 3. The molecular formula is C17H12ClF2N3O2S. The number of esters is 1. The first kappa shape index (κ1) is 18.3. The van der Waals surface area contributed by atoms with E-state index < -0.39 is 17.6 Å². The third kappa shape index (κ3) is 4.03. The van der Waals surface area contributed by atoms with Gasteiger partial charge in [-0.2, -0.15) is 5.10 Å². The van der Waals surface area contributed by atoms with Crippen molar-refractivity contribution in [1.29, 1.82) is 0 Å². The number of hydrogen-bond acceptors (Lipinski definition) is 5. The average Bonchev–Trinajstić information content (AvgIpc) is 3.03. The Morgan fingerprint density at radius 3 is 2.77 bits per heavy atom. The molecule has 0 aliphatic heterocycles. The molecule has 0 unspecified atom stereocenters. The second-order valence-electron chi connectivity index (χ2n) is 5.01. The van der Waals surface area contributed by atoms with Crippen LogP contribution in [-0.4, -0.2) is 27.3 Å². The molecule has 5 nitrogen and oxygen atoms in total. The van der Waals surface area contributed by atoms with E-state index in [9.17, 15) is 13.6 Å². The average molecular weight is 396 g/mol. The van der Waals surface area contributed by atoms with Crippen LogP contribution in [0.15, 0.2) is 52.5 Å². The molecule has 0 fully saturated rings. The highest BCUT2D eigenvalue weighted by molar-refractivity contribution is 7.99. The van der Waals surface area contributed by atoms with E-state index in [-0.39, 0.29) is 18.0 Å². The zero-order valence-electron chi connectivity index (χ0n) is 13.4. The monoisotopic (exact) mass is 395 g/mol. The summed E-state index contributed by atoms with van der Waals surface area (Å²) in [4.78, 5) is 16.6. The summed E-state index contributed by atoms with van der Waals surface area (Å²) in [6.07, 6.45) is 1.52. The number of ether oxygens (including phenoxy) is 1. The van der Waals surface area contributed by atoms with Crippen LogP contribution >= 0.6 is 23.4 Å². The molecule has 9 heteroatoms. The highest BCUT2D eigenvalue weighted by Crippen LogP contribution is 2.31. The molecule has 2 aromatic heterocycles. The van der Waals surface area contributed by atoms with Crippen LogP contribution in [0.3, 0.4) is 0 Å². The van der Waals surface area contributed by atoms with Gasteiger partial charge in [0.05, 0.1) is 6.61 Å². The van der Waals surface area contributed by atoms with Crippen molar-refractivity contribution in [3.05, 3.63) is 65.1 Å². The number of carbonyl (C=O) groups is 1. The Balaban J connectivity index is 2.07. The van der Waals surface area contributed by atoms with Gasteiger partial charge >= 0.3 is 5.97 Å². The SMILES string of the molecule is CCOC(=O)c1cc(Sc2ccc(Cl)nc2)n(-c2cc(F)ccc2F)n1. The fraction of sp³-hybridized carbons (Fsp3) is 0.118. The van der Waals surface area contributed by atoms with Crippen LogP contribution in [-0.2, 0) is 4.74 Å². The van der Waals surface area contributed by atoms with Crippen LogP contribution in [0, 0.1) is 11.6 Å². The maximum atomic E-state index is 14.2. The van der Waals surface area contributed by atoms with E-state index >= 15 is 0 Å². The third-order valence-corrected chi connectivity index (χ3v) is 4.42. The van der Waals surface area contributed by atoms with Gasteiger partial charge in [0.2, 0.25) is 0 Å². The van der Waals surface area contributed by atoms with Gasteiger partial charge in [0, 0.05) is 23.2 Å². The van der Waals surface area contributed by atoms with Gasteiger partial charge in [-0.1, -0.05) is 23.4 Å². The lowest BCUT2D eigenvalue weighted by Gasteiger charge is -2.08. The van der Waals surface area contributed by atoms with Crippen molar-refractivity contribution in [3.8, 4) is 5.69 Å². The quantitative estimate of drug-likeness (QED) is 0.469. The minimum absolute atomic E-state index is 0.0140. The van der Waals surface area contributed by atoms with Gasteiger partial charge in [0.1, 0.15) is 27.5 Å². The number of pyridine rings is 1. The molecule has 0 saturated carbocycles. The fourth-order valence-electron chi connectivity index (χ4n) is 2.11. The molecule has 0 spiro atoms. The van der Waals surface area contributed by atoms with Crippen molar-refractivity contribution in [1.82, 2.24) is 14.8 Å². The van der Waals surface area contributed by atoms with Crippen LogP contribution in [0.4, 0.5) is 8.78 Å². The smallest absolute Gasteiger partial charge is 0.358 e. The third-order valence-electron chi connectivity index (χ3n) is 3.22. The van der Waals surface area contributed by atoms with Gasteiger partial charge in [-0.3, -0.25) is 0 Å². The maximum Gasteiger partial charge on any atom is 0.358 e. The Kier molecular flexibility index (Phi) is 5.53. The molecule has 0 bridgehead atoms. The molecule has 3 rings (SSSR count). The number of benzene rings is 1. The molecule has 2 heterocycles. The lowest BCUT2D eigenvalue weighted by molar-refractivity contribution is 0.0519. The Morgan fingerprint density at radius 2 is 2.08 bits per heavy atom. The van der Waals surface area contributed by atoms with Crippen LogP contribution in [0.2, 0.25) is 5.15 Å². The van der Waals surface area contributed by atoms with Crippen molar-refractivity contribution in [2.45, 2.75) is 16.8 Å². The summed E-state index contributed by atoms with van der Waals surface area (Å²) < 4.78 is 33.9. The van der Waals surface area contributed by atoms with Crippen LogP contribution in [0.1, 0.15) is 17.4 Å². The van der Waals surface area contributed by atoms with Gasteiger partial charge < -0.3 is 4.74 Å². The molecule has 26 heavy (non-hydrogen) atoms. The Hall–Kier alpha value is -2.45. The predicted molar refractivity (Wildman–Crippen MR) is 92.8 cm³/mol. The van der Waals surface area contributed by atoms with Gasteiger partial charge in [-0.15, -0.1) is 0 Å². The molecular weight excluding hydrogens is 384 g/mol. The summed E-state index contributed by atoms with van der Waals surface area (Å²) in [5.74, 6) is -1.96. The topological polar surface area (TPSA) is 57.0 Å². The number of hydrogen-bond donors (Lipinski definition) is 0. The zero-order chi connectivity index (χ0) is 18.7. The van der Waals surface area contributed by atoms with Crippen molar-refractivity contribution in [2.24, 2.45) is 0 Å². The summed E-state index contributed by atoms with van der Waals surface area (Å²) >= 11 is 6.94. The van der Waals surface area contributed by atoms with E-state index in [4.69, 9.17) is 16.3 Å². The molecule has 0 amide bonds. The van der Waals surface area contributed by atoms with E-state index in [1.807, 2.05) is 0 Å². The van der Waals surface area contributed by atoms with Gasteiger partial charge in [-0.05, 0) is 31.2 Å². The van der Waals surface area contributed by atoms with Gasteiger partial charge in [0.15, 0.2) is 5.69 Å². The normalized spacial score (nSPS) is 10.8. The highest BCUT2D eigenvalue weighted by atomic mass is 35.5. The van der Waals surface area contributed by atoms with Crippen molar-refractivity contribution >= 4 is 29.3 Å². The summed E-state index contributed by atoms with van der Waals surface area (Å²) in [6.45, 7) is 1.83. The molecule has 0 aliphatic carbocycles. The van der Waals surface area contributed by atoms with E-state index in [1.54, 1.807) is 19.1 Å². The Labute approximate surface area is 156 Å². The predicted octanol–water partition coefficient (Wildman–Crippen LogP) is 4.53. The molecule has 134 valence electrons. The van der Waals surface area contributed by atoms with E-state index in [0.29, 0.717) is 15.1 Å². The highest BCUT2D eigenvalue weighted by Gasteiger charge is 2.19. The van der Waals surface area contributed by atoms with Crippen molar-refractivity contribution in [3.63, 3.8) is 0 Å². The summed E-state index contributed by atoms with van der Waals surface area (Å²) in [5, 5.41) is 4.80. The van der Waals surface area contributed by atoms with Crippen molar-refractivity contribution in [2.75, 3.05) is 6.61 Å². The molecule has 0 saturated heterocycles. The van der Waals surface area contributed by atoms with E-state index in [0.717, 1.165) is 22.9 Å². The summed E-state index contributed by atoms with van der Waals surface area (Å²) in [7, 11) is 0. The minimum atomic E-state index is -0.680. The van der Waals surface area contributed by atoms with Gasteiger partial charge in [0.25, 0.3) is 0 Å². The first-order valence-corrected chi connectivity index (χ1v) is 8.69. The zero-order valence-corrected chi connectivity index (χ0v) is 15.0. The molecule has 0 atom stereocenters. The second kappa shape index (κ2) is 7.84. The standard InChI is InChI=1S/C17H12ClF2N3O2S/c1-2-25-17(24)13-8-16(26-11-4-6-15(18)21-9-11)23(22-13)14-7-10(19)3-5-12(14)20/h3-9H,2H2,1H3. The molecule has 3 aromatic rings.